The third kappa shape index (κ3) is 4.66. The maximum atomic E-state index is 9.97. The van der Waals surface area contributed by atoms with Crippen molar-refractivity contribution in [2.75, 3.05) is 6.54 Å². The van der Waals surface area contributed by atoms with E-state index in [1.165, 1.54) is 25.7 Å². The highest BCUT2D eigenvalue weighted by atomic mass is 16.3. The Hall–Kier alpha value is -1.37. The molecule has 0 bridgehead atoms. The lowest BCUT2D eigenvalue weighted by Crippen LogP contribution is -2.27. The first-order valence-corrected chi connectivity index (χ1v) is 7.16. The summed E-state index contributed by atoms with van der Waals surface area (Å²) in [6, 6.07) is 9.72. The number of nitriles is 1. The van der Waals surface area contributed by atoms with Gasteiger partial charge in [-0.25, -0.2) is 0 Å². The molecule has 2 N–H and O–H groups in total. The predicted octanol–water partition coefficient (Wildman–Crippen LogP) is 2.59. The highest BCUT2D eigenvalue weighted by Gasteiger charge is 2.18. The third-order valence-corrected chi connectivity index (χ3v) is 3.85. The Labute approximate surface area is 115 Å². The van der Waals surface area contributed by atoms with Gasteiger partial charge in [0.05, 0.1) is 17.7 Å². The zero-order valence-electron chi connectivity index (χ0n) is 11.3. The predicted molar refractivity (Wildman–Crippen MR) is 75.4 cm³/mol. The van der Waals surface area contributed by atoms with E-state index in [4.69, 9.17) is 5.26 Å². The van der Waals surface area contributed by atoms with Crippen LogP contribution in [0, 0.1) is 17.2 Å². The van der Waals surface area contributed by atoms with Gasteiger partial charge in [-0.15, -0.1) is 0 Å². The topological polar surface area (TPSA) is 56.0 Å². The average Bonchev–Trinajstić information content (AvgIpc) is 2.92. The van der Waals surface area contributed by atoms with Gasteiger partial charge < -0.3 is 10.4 Å². The minimum Gasteiger partial charge on any atom is -0.392 e. The Balaban J connectivity index is 1.69. The molecule has 1 aliphatic rings. The van der Waals surface area contributed by atoms with Gasteiger partial charge in [-0.3, -0.25) is 0 Å². The van der Waals surface area contributed by atoms with Crippen LogP contribution in [0.1, 0.15) is 43.2 Å². The Morgan fingerprint density at radius 1 is 1.37 bits per heavy atom. The van der Waals surface area contributed by atoms with Crippen molar-refractivity contribution in [2.24, 2.45) is 5.92 Å². The Morgan fingerprint density at radius 2 is 2.16 bits per heavy atom. The molecule has 102 valence electrons. The number of rotatable bonds is 6. The monoisotopic (exact) mass is 258 g/mol. The summed E-state index contributed by atoms with van der Waals surface area (Å²) in [6.45, 7) is 1.34. The molecule has 1 aromatic rings. The molecule has 0 radical (unpaired) electrons. The van der Waals surface area contributed by atoms with Crippen molar-refractivity contribution in [1.82, 2.24) is 5.32 Å². The molecule has 1 fully saturated rings. The molecule has 1 unspecified atom stereocenters. The van der Waals surface area contributed by atoms with E-state index < -0.39 is 0 Å². The second-order valence-electron chi connectivity index (χ2n) is 5.48. The van der Waals surface area contributed by atoms with Crippen molar-refractivity contribution >= 4 is 0 Å². The quantitative estimate of drug-likeness (QED) is 0.824. The summed E-state index contributed by atoms with van der Waals surface area (Å²) in [5, 5.41) is 22.1. The molecule has 0 saturated heterocycles. The van der Waals surface area contributed by atoms with Crippen LogP contribution in [0.25, 0.3) is 0 Å². The summed E-state index contributed by atoms with van der Waals surface area (Å²) < 4.78 is 0. The van der Waals surface area contributed by atoms with Gasteiger partial charge in [0.25, 0.3) is 0 Å². The van der Waals surface area contributed by atoms with E-state index in [9.17, 15) is 5.11 Å². The number of hydrogen-bond donors (Lipinski definition) is 2. The summed E-state index contributed by atoms with van der Waals surface area (Å²) in [7, 11) is 0. The Bertz CT molecular complexity index is 433. The molecule has 1 aliphatic carbocycles. The van der Waals surface area contributed by atoms with Crippen LogP contribution in [-0.4, -0.2) is 17.8 Å². The molecule has 1 aromatic carbocycles. The van der Waals surface area contributed by atoms with Crippen molar-refractivity contribution in [3.8, 4) is 6.07 Å². The molecule has 1 atom stereocenters. The Kier molecular flexibility index (Phi) is 5.38. The normalized spacial score (nSPS) is 17.3. The second kappa shape index (κ2) is 7.28. The molecule has 3 heteroatoms. The molecule has 0 heterocycles. The first kappa shape index (κ1) is 14.0. The van der Waals surface area contributed by atoms with E-state index in [1.807, 2.05) is 18.2 Å². The van der Waals surface area contributed by atoms with Gasteiger partial charge in [0.15, 0.2) is 0 Å². The van der Waals surface area contributed by atoms with E-state index in [2.05, 4.69) is 11.4 Å². The van der Waals surface area contributed by atoms with E-state index >= 15 is 0 Å². The van der Waals surface area contributed by atoms with Gasteiger partial charge in [-0.05, 0) is 30.0 Å². The van der Waals surface area contributed by atoms with Crippen LogP contribution < -0.4 is 5.32 Å². The third-order valence-electron chi connectivity index (χ3n) is 3.85. The smallest absolute Gasteiger partial charge is 0.0991 e. The first-order chi connectivity index (χ1) is 9.28. The van der Waals surface area contributed by atoms with E-state index in [-0.39, 0.29) is 6.10 Å². The Morgan fingerprint density at radius 3 is 2.89 bits per heavy atom. The summed E-state index contributed by atoms with van der Waals surface area (Å²) in [4.78, 5) is 0. The highest BCUT2D eigenvalue weighted by Crippen LogP contribution is 2.28. The molecule has 1 saturated carbocycles. The number of nitrogens with one attached hydrogen (secondary N) is 1. The van der Waals surface area contributed by atoms with Crippen LogP contribution in [0.4, 0.5) is 0 Å². The van der Waals surface area contributed by atoms with E-state index in [1.54, 1.807) is 6.07 Å². The largest absolute Gasteiger partial charge is 0.392 e. The molecular formula is C16H22N2O. The lowest BCUT2D eigenvalue weighted by atomic mass is 10.00. The van der Waals surface area contributed by atoms with E-state index in [0.717, 1.165) is 17.9 Å². The van der Waals surface area contributed by atoms with Gasteiger partial charge in [-0.2, -0.15) is 5.26 Å². The molecule has 19 heavy (non-hydrogen) atoms. The number of nitrogens with zero attached hydrogens (tertiary/aromatic N) is 1. The first-order valence-electron chi connectivity index (χ1n) is 7.16. The number of benzene rings is 1. The van der Waals surface area contributed by atoms with Crippen LogP contribution in [-0.2, 0) is 6.54 Å². The van der Waals surface area contributed by atoms with Gasteiger partial charge >= 0.3 is 0 Å². The molecule has 3 nitrogen and oxygen atoms in total. The minimum atomic E-state index is -0.248. The molecule has 0 spiro atoms. The minimum absolute atomic E-state index is 0.248. The lowest BCUT2D eigenvalue weighted by Gasteiger charge is -2.16. The maximum Gasteiger partial charge on any atom is 0.0991 e. The van der Waals surface area contributed by atoms with Crippen molar-refractivity contribution in [1.29, 1.82) is 5.26 Å². The molecule has 0 amide bonds. The number of aliphatic hydroxyl groups is 1. The molecule has 0 aromatic heterocycles. The fraction of sp³-hybridized carbons (Fsp3) is 0.562. The van der Waals surface area contributed by atoms with Crippen LogP contribution >= 0.6 is 0 Å². The highest BCUT2D eigenvalue weighted by molar-refractivity contribution is 5.32. The maximum absolute atomic E-state index is 9.97. The molecule has 2 rings (SSSR count). The van der Waals surface area contributed by atoms with Crippen molar-refractivity contribution < 1.29 is 5.11 Å². The zero-order valence-corrected chi connectivity index (χ0v) is 11.3. The van der Waals surface area contributed by atoms with Gasteiger partial charge in [0, 0.05) is 13.1 Å². The van der Waals surface area contributed by atoms with Crippen LogP contribution in [0.5, 0.6) is 0 Å². The molecular weight excluding hydrogens is 236 g/mol. The summed E-state index contributed by atoms with van der Waals surface area (Å²) in [5.74, 6) is 0.721. The van der Waals surface area contributed by atoms with Crippen LogP contribution in [0.15, 0.2) is 24.3 Å². The number of aliphatic hydroxyl groups excluding tert-OH is 1. The van der Waals surface area contributed by atoms with Crippen molar-refractivity contribution in [2.45, 2.75) is 44.8 Å². The summed E-state index contributed by atoms with van der Waals surface area (Å²) in [6.07, 6.45) is 5.88. The fourth-order valence-corrected chi connectivity index (χ4v) is 2.85. The van der Waals surface area contributed by atoms with Gasteiger partial charge in [0.2, 0.25) is 0 Å². The summed E-state index contributed by atoms with van der Waals surface area (Å²) >= 11 is 0. The van der Waals surface area contributed by atoms with E-state index in [0.29, 0.717) is 18.7 Å². The van der Waals surface area contributed by atoms with Gasteiger partial charge in [-0.1, -0.05) is 37.8 Å². The lowest BCUT2D eigenvalue weighted by molar-refractivity contribution is 0.140. The van der Waals surface area contributed by atoms with Crippen LogP contribution in [0.3, 0.4) is 0 Å². The van der Waals surface area contributed by atoms with Crippen molar-refractivity contribution in [3.05, 3.63) is 35.4 Å². The fourth-order valence-electron chi connectivity index (χ4n) is 2.85. The average molecular weight is 258 g/mol. The molecule has 0 aliphatic heterocycles. The van der Waals surface area contributed by atoms with Gasteiger partial charge in [0.1, 0.15) is 0 Å². The van der Waals surface area contributed by atoms with Crippen molar-refractivity contribution in [3.63, 3.8) is 0 Å². The second-order valence-corrected chi connectivity index (χ2v) is 5.48. The SMILES string of the molecule is N#Cc1cccc(CNCC(O)CC2CCCC2)c1. The van der Waals surface area contributed by atoms with Crippen LogP contribution in [0.2, 0.25) is 0 Å². The summed E-state index contributed by atoms with van der Waals surface area (Å²) in [5.41, 5.74) is 1.78. The standard InChI is InChI=1S/C16H22N2O/c17-10-14-6-3-7-15(8-14)11-18-12-16(19)9-13-4-1-2-5-13/h3,6-8,13,16,18-19H,1-2,4-5,9,11-12H2. The zero-order chi connectivity index (χ0) is 13.5. The number of hydrogen-bond acceptors (Lipinski definition) is 3.